The van der Waals surface area contributed by atoms with Gasteiger partial charge in [0.15, 0.2) is 17.3 Å². The third kappa shape index (κ3) is 8.14. The zero-order chi connectivity index (χ0) is 31.9. The number of ketones is 1. The Morgan fingerprint density at radius 3 is 2.45 bits per heavy atom. The van der Waals surface area contributed by atoms with Crippen LogP contribution in [0.3, 0.4) is 0 Å². The van der Waals surface area contributed by atoms with Crippen LogP contribution in [0.2, 0.25) is 5.02 Å². The number of carbonyl (C=O) groups excluding carboxylic acids is 2. The van der Waals surface area contributed by atoms with Gasteiger partial charge >= 0.3 is 6.09 Å². The molecule has 1 amide bonds. The van der Waals surface area contributed by atoms with E-state index in [1.54, 1.807) is 45.0 Å². The van der Waals surface area contributed by atoms with Gasteiger partial charge in [0.25, 0.3) is 0 Å². The highest BCUT2D eigenvalue weighted by atomic mass is 35.5. The molecule has 228 valence electrons. The van der Waals surface area contributed by atoms with Gasteiger partial charge in [-0.3, -0.25) is 14.8 Å². The monoisotopic (exact) mass is 616 g/mol. The van der Waals surface area contributed by atoms with Crippen molar-refractivity contribution in [3.05, 3.63) is 88.3 Å². The first-order valence-electron chi connectivity index (χ1n) is 13.8. The zero-order valence-corrected chi connectivity index (χ0v) is 25.9. The number of methoxy groups -OCH3 is 2. The third-order valence-electron chi connectivity index (χ3n) is 6.57. The van der Waals surface area contributed by atoms with Crippen molar-refractivity contribution >= 4 is 34.4 Å². The number of nitriles is 1. The quantitative estimate of drug-likeness (QED) is 0.198. The van der Waals surface area contributed by atoms with Gasteiger partial charge in [-0.05, 0) is 56.5 Å². The molecule has 2 aromatic carbocycles. The highest BCUT2D eigenvalue weighted by Crippen LogP contribution is 2.34. The fourth-order valence-corrected chi connectivity index (χ4v) is 4.74. The second-order valence-corrected chi connectivity index (χ2v) is 11.4. The van der Waals surface area contributed by atoms with E-state index in [0.29, 0.717) is 50.7 Å². The van der Waals surface area contributed by atoms with Gasteiger partial charge in [-0.2, -0.15) is 5.26 Å². The zero-order valence-electron chi connectivity index (χ0n) is 25.1. The molecular formula is C33H33ClN4O6. The highest BCUT2D eigenvalue weighted by Gasteiger charge is 2.22. The van der Waals surface area contributed by atoms with Crippen LogP contribution in [0.1, 0.15) is 47.8 Å². The molecule has 1 atom stereocenters. The second-order valence-electron chi connectivity index (χ2n) is 10.9. The van der Waals surface area contributed by atoms with Crippen LogP contribution < -0.4 is 19.5 Å². The van der Waals surface area contributed by atoms with Crippen LogP contribution in [0.4, 0.5) is 4.79 Å². The van der Waals surface area contributed by atoms with E-state index < -0.39 is 17.7 Å². The summed E-state index contributed by atoms with van der Waals surface area (Å²) in [5.41, 5.74) is 1.78. The number of Topliss-reactive ketones (excluding diaryl/α,β-unsaturated/α-hetero) is 1. The van der Waals surface area contributed by atoms with E-state index in [1.807, 2.05) is 18.2 Å². The number of nitrogens with one attached hydrogen (secondary N) is 1. The summed E-state index contributed by atoms with van der Waals surface area (Å²) in [7, 11) is 3.03. The van der Waals surface area contributed by atoms with Crippen LogP contribution in [0.5, 0.6) is 17.2 Å². The number of amides is 1. The summed E-state index contributed by atoms with van der Waals surface area (Å²) in [6.45, 7) is 5.39. The summed E-state index contributed by atoms with van der Waals surface area (Å²) in [6, 6.07) is 13.9. The van der Waals surface area contributed by atoms with Crippen molar-refractivity contribution in [1.29, 1.82) is 5.26 Å². The molecule has 44 heavy (non-hydrogen) atoms. The Kier molecular flexibility index (Phi) is 10.2. The fraction of sp³-hybridized carbons (Fsp3) is 0.303. The van der Waals surface area contributed by atoms with Crippen LogP contribution in [0, 0.1) is 11.3 Å². The van der Waals surface area contributed by atoms with E-state index in [-0.39, 0.29) is 24.4 Å². The van der Waals surface area contributed by atoms with Crippen molar-refractivity contribution in [2.45, 2.75) is 45.3 Å². The number of fused-ring (bicyclic) bond motifs is 1. The molecule has 0 saturated heterocycles. The Morgan fingerprint density at radius 2 is 1.77 bits per heavy atom. The van der Waals surface area contributed by atoms with E-state index in [1.165, 1.54) is 32.8 Å². The molecule has 0 unspecified atom stereocenters. The van der Waals surface area contributed by atoms with Crippen molar-refractivity contribution in [3.8, 4) is 23.3 Å². The Labute approximate surface area is 260 Å². The maximum absolute atomic E-state index is 13.5. The maximum Gasteiger partial charge on any atom is 0.408 e. The van der Waals surface area contributed by atoms with Gasteiger partial charge in [0.1, 0.15) is 24.0 Å². The molecule has 0 bridgehead atoms. The summed E-state index contributed by atoms with van der Waals surface area (Å²) in [5.74, 6) is 0.991. The van der Waals surface area contributed by atoms with E-state index in [0.717, 1.165) is 5.56 Å². The summed E-state index contributed by atoms with van der Waals surface area (Å²) in [4.78, 5) is 34.6. The minimum Gasteiger partial charge on any atom is -0.493 e. The lowest BCUT2D eigenvalue weighted by Crippen LogP contribution is -2.43. The SMILES string of the molecule is COc1cc2ncc(C#N)c(CC(=O)c3cncc(OC[C@H](Cc4ccccc4Cl)NC(=O)OC(C)(C)C)c3)c2cc1OC. The predicted molar refractivity (Wildman–Crippen MR) is 166 cm³/mol. The number of benzene rings is 2. The van der Waals surface area contributed by atoms with Gasteiger partial charge < -0.3 is 24.3 Å². The standard InChI is InChI=1S/C33H33ClN4O6/c1-33(2,3)44-32(40)38-23(10-20-8-6-7-9-27(20)34)19-43-24-11-21(16-36-18-24)29(39)12-25-22(15-35)17-37-28-14-31(42-5)30(41-4)13-26(25)28/h6-9,11,13-14,16-18,23H,10,12,19H2,1-5H3,(H,38,40)/t23-/m0/s1. The van der Waals surface area contributed by atoms with Crippen molar-refractivity contribution in [3.63, 3.8) is 0 Å². The summed E-state index contributed by atoms with van der Waals surface area (Å²) in [6.07, 6.45) is 4.06. The van der Waals surface area contributed by atoms with Crippen LogP contribution in [-0.2, 0) is 17.6 Å². The van der Waals surface area contributed by atoms with Crippen molar-refractivity contribution in [2.75, 3.05) is 20.8 Å². The first kappa shape index (κ1) is 32.0. The molecule has 0 saturated carbocycles. The molecule has 11 heteroatoms. The number of alkyl carbamates (subject to hydrolysis) is 1. The lowest BCUT2D eigenvalue weighted by atomic mass is 9.96. The maximum atomic E-state index is 13.5. The molecule has 1 N–H and O–H groups in total. The van der Waals surface area contributed by atoms with Gasteiger partial charge in [-0.15, -0.1) is 0 Å². The molecule has 0 aliphatic carbocycles. The summed E-state index contributed by atoms with van der Waals surface area (Å²) < 4.78 is 22.2. The third-order valence-corrected chi connectivity index (χ3v) is 6.94. The molecule has 0 aliphatic rings. The first-order chi connectivity index (χ1) is 21.0. The average Bonchev–Trinajstić information content (AvgIpc) is 2.99. The Morgan fingerprint density at radius 1 is 1.05 bits per heavy atom. The second kappa shape index (κ2) is 14.1. The molecule has 0 spiro atoms. The Bertz CT molecular complexity index is 1710. The normalized spacial score (nSPS) is 11.8. The number of rotatable bonds is 11. The number of halogens is 1. The summed E-state index contributed by atoms with van der Waals surface area (Å²) >= 11 is 6.37. The molecule has 0 radical (unpaired) electrons. The smallest absolute Gasteiger partial charge is 0.408 e. The van der Waals surface area contributed by atoms with E-state index in [9.17, 15) is 14.9 Å². The predicted octanol–water partition coefficient (Wildman–Crippen LogP) is 6.11. The molecule has 4 rings (SSSR count). The van der Waals surface area contributed by atoms with Crippen molar-refractivity contribution < 1.29 is 28.5 Å². The van der Waals surface area contributed by atoms with Crippen molar-refractivity contribution in [1.82, 2.24) is 15.3 Å². The molecule has 0 fully saturated rings. The minimum absolute atomic E-state index is 0.0546. The number of hydrogen-bond acceptors (Lipinski definition) is 9. The summed E-state index contributed by atoms with van der Waals surface area (Å²) in [5, 5.41) is 13.8. The molecule has 2 heterocycles. The van der Waals surface area contributed by atoms with Gasteiger partial charge in [0.2, 0.25) is 0 Å². The van der Waals surface area contributed by atoms with Gasteiger partial charge in [0, 0.05) is 40.9 Å². The van der Waals surface area contributed by atoms with Crippen molar-refractivity contribution in [2.24, 2.45) is 0 Å². The number of hydrogen-bond donors (Lipinski definition) is 1. The van der Waals surface area contributed by atoms with Crippen LogP contribution in [0.15, 0.2) is 61.1 Å². The Balaban J connectivity index is 1.54. The van der Waals surface area contributed by atoms with Gasteiger partial charge in [-0.1, -0.05) is 29.8 Å². The van der Waals surface area contributed by atoms with E-state index in [4.69, 9.17) is 30.5 Å². The van der Waals surface area contributed by atoms with Crippen LogP contribution in [0.25, 0.3) is 10.9 Å². The minimum atomic E-state index is -0.679. The number of carbonyl (C=O) groups is 2. The van der Waals surface area contributed by atoms with E-state index in [2.05, 4.69) is 21.4 Å². The van der Waals surface area contributed by atoms with Crippen LogP contribution >= 0.6 is 11.6 Å². The number of pyridine rings is 2. The van der Waals surface area contributed by atoms with Gasteiger partial charge in [0.05, 0.1) is 37.5 Å². The molecular weight excluding hydrogens is 584 g/mol. The van der Waals surface area contributed by atoms with Gasteiger partial charge in [-0.25, -0.2) is 4.79 Å². The van der Waals surface area contributed by atoms with Crippen LogP contribution in [-0.4, -0.2) is 54.3 Å². The Hall–Kier alpha value is -4.88. The van der Waals surface area contributed by atoms with E-state index >= 15 is 0 Å². The molecule has 2 aromatic heterocycles. The topological polar surface area (TPSA) is 133 Å². The number of nitrogens with zero attached hydrogens (tertiary/aromatic N) is 3. The number of aromatic nitrogens is 2. The lowest BCUT2D eigenvalue weighted by Gasteiger charge is -2.24. The molecule has 4 aromatic rings. The average molecular weight is 617 g/mol. The molecule has 0 aliphatic heterocycles. The number of ether oxygens (including phenoxy) is 4. The molecule has 10 nitrogen and oxygen atoms in total. The highest BCUT2D eigenvalue weighted by molar-refractivity contribution is 6.31. The lowest BCUT2D eigenvalue weighted by molar-refractivity contribution is 0.0487. The largest absolute Gasteiger partial charge is 0.493 e. The first-order valence-corrected chi connectivity index (χ1v) is 14.2. The fourth-order valence-electron chi connectivity index (χ4n) is 4.53.